The third kappa shape index (κ3) is 6.55. The number of amides is 1. The van der Waals surface area contributed by atoms with Crippen molar-refractivity contribution in [1.82, 2.24) is 15.2 Å². The van der Waals surface area contributed by atoms with E-state index >= 15 is 0 Å². The standard InChI is InChI=1S/C32H38N4O4/c1-21-8-12-25(13-9-21)39-27-16-17-33-29-26(19-22-10-14-24(38-5)15-11-22)35-30(28(27)29)34-23-7-6-18-36(20-23)31(37)40-32(2,3)4/h8-17,23,26H,6-7,18-20H2,1-5H3,(H,34,35)/t23-,26?/m1/s1. The van der Waals surface area contributed by atoms with E-state index in [0.717, 1.165) is 47.0 Å². The number of fused-ring (bicyclic) bond motifs is 1. The number of aliphatic imine (C=N–C) groups is 1. The quantitative estimate of drug-likeness (QED) is 0.398. The van der Waals surface area contributed by atoms with Crippen LogP contribution in [0.5, 0.6) is 17.2 Å². The number of hydrogen-bond acceptors (Lipinski definition) is 7. The van der Waals surface area contributed by atoms with Gasteiger partial charge in [0.15, 0.2) is 0 Å². The molecule has 1 N–H and O–H groups in total. The van der Waals surface area contributed by atoms with Crippen molar-refractivity contribution in [2.24, 2.45) is 4.99 Å². The molecule has 3 aromatic rings. The molecule has 1 saturated heterocycles. The highest BCUT2D eigenvalue weighted by Crippen LogP contribution is 2.37. The van der Waals surface area contributed by atoms with E-state index in [1.165, 1.54) is 5.56 Å². The Hall–Kier alpha value is -4.07. The van der Waals surface area contributed by atoms with Crippen molar-refractivity contribution in [2.45, 2.75) is 64.6 Å². The molecule has 2 aromatic carbocycles. The molecule has 2 atom stereocenters. The lowest BCUT2D eigenvalue weighted by Crippen LogP contribution is -2.50. The Kier molecular flexibility index (Phi) is 7.96. The number of aryl methyl sites for hydroxylation is 1. The van der Waals surface area contributed by atoms with Crippen LogP contribution in [0, 0.1) is 6.92 Å². The van der Waals surface area contributed by atoms with Gasteiger partial charge in [0.1, 0.15) is 28.7 Å². The van der Waals surface area contributed by atoms with Crippen LogP contribution in [0.3, 0.4) is 0 Å². The largest absolute Gasteiger partial charge is 0.497 e. The topological polar surface area (TPSA) is 85.3 Å². The van der Waals surface area contributed by atoms with Crippen molar-refractivity contribution in [3.8, 4) is 17.2 Å². The number of hydrogen-bond donors (Lipinski definition) is 1. The molecular formula is C32H38N4O4. The highest BCUT2D eigenvalue weighted by atomic mass is 16.6. The normalized spacial score (nSPS) is 18.5. The third-order valence-corrected chi connectivity index (χ3v) is 7.03. The first-order valence-corrected chi connectivity index (χ1v) is 13.9. The summed E-state index contributed by atoms with van der Waals surface area (Å²) in [5.74, 6) is 3.03. The molecule has 40 heavy (non-hydrogen) atoms. The lowest BCUT2D eigenvalue weighted by Gasteiger charge is -2.34. The Morgan fingerprint density at radius 1 is 1.05 bits per heavy atom. The van der Waals surface area contributed by atoms with Gasteiger partial charge in [-0.3, -0.25) is 9.98 Å². The van der Waals surface area contributed by atoms with Crippen molar-refractivity contribution in [2.75, 3.05) is 20.2 Å². The van der Waals surface area contributed by atoms with Crippen molar-refractivity contribution < 1.29 is 19.0 Å². The highest BCUT2D eigenvalue weighted by Gasteiger charge is 2.34. The second-order valence-electron chi connectivity index (χ2n) is 11.4. The van der Waals surface area contributed by atoms with Gasteiger partial charge in [-0.15, -0.1) is 0 Å². The number of amidine groups is 1. The number of carbonyl (C=O) groups excluding carboxylic acids is 1. The Balaban J connectivity index is 1.42. The molecular weight excluding hydrogens is 504 g/mol. The maximum absolute atomic E-state index is 12.8. The molecule has 0 saturated carbocycles. The number of likely N-dealkylation sites (tertiary alicyclic amines) is 1. The fourth-order valence-corrected chi connectivity index (χ4v) is 5.07. The maximum atomic E-state index is 12.8. The lowest BCUT2D eigenvalue weighted by molar-refractivity contribution is 0.0194. The van der Waals surface area contributed by atoms with Crippen LogP contribution >= 0.6 is 0 Å². The first-order valence-electron chi connectivity index (χ1n) is 13.9. The molecule has 8 heteroatoms. The van der Waals surface area contributed by atoms with Crippen LogP contribution in [0.4, 0.5) is 4.79 Å². The molecule has 2 aliphatic rings. The molecule has 8 nitrogen and oxygen atoms in total. The van der Waals surface area contributed by atoms with E-state index in [1.807, 2.05) is 63.2 Å². The maximum Gasteiger partial charge on any atom is 0.410 e. The van der Waals surface area contributed by atoms with Crippen LogP contribution in [-0.2, 0) is 11.2 Å². The fourth-order valence-electron chi connectivity index (χ4n) is 5.07. The van der Waals surface area contributed by atoms with Crippen LogP contribution in [0.2, 0.25) is 0 Å². The van der Waals surface area contributed by atoms with Gasteiger partial charge < -0.3 is 24.4 Å². The molecule has 0 aliphatic carbocycles. The molecule has 0 radical (unpaired) electrons. The summed E-state index contributed by atoms with van der Waals surface area (Å²) in [6.07, 6.45) is 4.00. The summed E-state index contributed by atoms with van der Waals surface area (Å²) in [4.78, 5) is 24.5. The van der Waals surface area contributed by atoms with Crippen molar-refractivity contribution in [3.05, 3.63) is 83.2 Å². The molecule has 0 spiro atoms. The minimum absolute atomic E-state index is 0.0278. The summed E-state index contributed by atoms with van der Waals surface area (Å²) in [7, 11) is 1.67. The third-order valence-electron chi connectivity index (χ3n) is 7.03. The van der Waals surface area contributed by atoms with Crippen LogP contribution < -0.4 is 14.8 Å². The molecule has 1 fully saturated rings. The zero-order valence-electron chi connectivity index (χ0n) is 23.9. The Morgan fingerprint density at radius 2 is 1.77 bits per heavy atom. The highest BCUT2D eigenvalue weighted by molar-refractivity contribution is 6.04. The van der Waals surface area contributed by atoms with Crippen LogP contribution in [0.1, 0.15) is 62.0 Å². The van der Waals surface area contributed by atoms with Gasteiger partial charge in [-0.05, 0) is 76.4 Å². The van der Waals surface area contributed by atoms with E-state index in [2.05, 4.69) is 24.4 Å². The number of benzene rings is 2. The molecule has 1 unspecified atom stereocenters. The molecule has 0 bridgehead atoms. The summed E-state index contributed by atoms with van der Waals surface area (Å²) in [6, 6.07) is 17.8. The number of nitrogens with zero attached hydrogens (tertiary/aromatic N) is 3. The molecule has 1 aromatic heterocycles. The van der Waals surface area contributed by atoms with Gasteiger partial charge in [0.2, 0.25) is 0 Å². The first-order chi connectivity index (χ1) is 19.2. The van der Waals surface area contributed by atoms with Gasteiger partial charge in [0.25, 0.3) is 0 Å². The predicted molar refractivity (Wildman–Crippen MR) is 155 cm³/mol. The Labute approximate surface area is 236 Å². The number of piperidine rings is 1. The zero-order valence-corrected chi connectivity index (χ0v) is 23.9. The van der Waals surface area contributed by atoms with Gasteiger partial charge in [-0.1, -0.05) is 29.8 Å². The van der Waals surface area contributed by atoms with E-state index < -0.39 is 5.60 Å². The van der Waals surface area contributed by atoms with Gasteiger partial charge in [0.05, 0.1) is 24.4 Å². The van der Waals surface area contributed by atoms with Crippen LogP contribution in [0.25, 0.3) is 0 Å². The number of carbonyl (C=O) groups is 1. The number of rotatable bonds is 6. The van der Waals surface area contributed by atoms with Gasteiger partial charge in [-0.2, -0.15) is 0 Å². The average Bonchev–Trinajstić information content (AvgIpc) is 3.27. The number of nitrogens with one attached hydrogen (secondary N) is 1. The van der Waals surface area contributed by atoms with Gasteiger partial charge in [0, 0.05) is 31.7 Å². The van der Waals surface area contributed by atoms with Crippen LogP contribution in [0.15, 0.2) is 65.8 Å². The molecule has 2 aliphatic heterocycles. The monoisotopic (exact) mass is 542 g/mol. The van der Waals surface area contributed by atoms with Gasteiger partial charge in [-0.25, -0.2) is 4.79 Å². The second kappa shape index (κ2) is 11.6. The summed E-state index contributed by atoms with van der Waals surface area (Å²) >= 11 is 0. The minimum atomic E-state index is -0.533. The fraction of sp³-hybridized carbons (Fsp3) is 0.406. The van der Waals surface area contributed by atoms with E-state index in [4.69, 9.17) is 24.2 Å². The van der Waals surface area contributed by atoms with E-state index in [-0.39, 0.29) is 18.2 Å². The zero-order chi connectivity index (χ0) is 28.3. The smallest absolute Gasteiger partial charge is 0.410 e. The minimum Gasteiger partial charge on any atom is -0.497 e. The number of aromatic nitrogens is 1. The molecule has 210 valence electrons. The summed E-state index contributed by atoms with van der Waals surface area (Å²) in [5.41, 5.74) is 3.53. The van der Waals surface area contributed by atoms with Crippen molar-refractivity contribution >= 4 is 11.9 Å². The number of pyridine rings is 1. The van der Waals surface area contributed by atoms with E-state index in [9.17, 15) is 4.79 Å². The molecule has 5 rings (SSSR count). The van der Waals surface area contributed by atoms with Crippen LogP contribution in [-0.4, -0.2) is 53.7 Å². The number of ether oxygens (including phenoxy) is 3. The first kappa shape index (κ1) is 27.5. The van der Waals surface area contributed by atoms with E-state index in [1.54, 1.807) is 18.2 Å². The summed E-state index contributed by atoms with van der Waals surface area (Å²) < 4.78 is 17.3. The Morgan fingerprint density at radius 3 is 2.48 bits per heavy atom. The summed E-state index contributed by atoms with van der Waals surface area (Å²) in [6.45, 7) is 8.94. The molecule has 3 heterocycles. The number of methoxy groups -OCH3 is 1. The SMILES string of the molecule is COc1ccc(CC2N=C(N[C@@H]3CCCN(C(=O)OC(C)(C)C)C3)c3c(Oc4ccc(C)cc4)ccnc32)cc1. The van der Waals surface area contributed by atoms with Crippen molar-refractivity contribution in [1.29, 1.82) is 0 Å². The Bertz CT molecular complexity index is 1360. The molecule has 1 amide bonds. The van der Waals surface area contributed by atoms with Crippen molar-refractivity contribution in [3.63, 3.8) is 0 Å². The van der Waals surface area contributed by atoms with E-state index in [0.29, 0.717) is 25.3 Å². The predicted octanol–water partition coefficient (Wildman–Crippen LogP) is 6.22. The van der Waals surface area contributed by atoms with Gasteiger partial charge >= 0.3 is 6.09 Å². The second-order valence-corrected chi connectivity index (χ2v) is 11.4. The summed E-state index contributed by atoms with van der Waals surface area (Å²) in [5, 5.41) is 3.65. The lowest BCUT2D eigenvalue weighted by atomic mass is 10.0. The average molecular weight is 543 g/mol.